The highest BCUT2D eigenvalue weighted by Gasteiger charge is 2.31. The van der Waals surface area contributed by atoms with Crippen molar-refractivity contribution in [1.82, 2.24) is 29.4 Å². The Morgan fingerprint density at radius 2 is 1.73 bits per heavy atom. The summed E-state index contributed by atoms with van der Waals surface area (Å²) in [5.41, 5.74) is 2.50. The average Bonchev–Trinajstić information content (AvgIpc) is 3.33. The summed E-state index contributed by atoms with van der Waals surface area (Å²) in [6.07, 6.45) is 6.85. The lowest BCUT2D eigenvalue weighted by Gasteiger charge is -2.37. The SMILES string of the molecule is CCN(C)S(=O)(=O)Nc1ccc(F)c(Oc2ccc3c(c2)CN(c2cnc(N4CCN(C(=O)CN5CCC(c6cc(OC)c(NC7CCC(=O)NC7=O)cc6F)CC5)CC4)nc2)C=N3)c1C#N. The first-order valence-corrected chi connectivity index (χ1v) is 23.3. The van der Waals surface area contributed by atoms with E-state index in [9.17, 15) is 28.1 Å². The summed E-state index contributed by atoms with van der Waals surface area (Å²) in [7, 11) is -1.13. The van der Waals surface area contributed by atoms with Crippen molar-refractivity contribution in [3.05, 3.63) is 83.2 Å². The molecule has 67 heavy (non-hydrogen) atoms. The summed E-state index contributed by atoms with van der Waals surface area (Å²) in [6, 6.07) is 11.4. The highest BCUT2D eigenvalue weighted by molar-refractivity contribution is 7.90. The van der Waals surface area contributed by atoms with E-state index < -0.39 is 39.5 Å². The van der Waals surface area contributed by atoms with E-state index in [1.54, 1.807) is 49.9 Å². The van der Waals surface area contributed by atoms with Crippen LogP contribution in [0.3, 0.4) is 0 Å². The van der Waals surface area contributed by atoms with Crippen molar-refractivity contribution in [3.8, 4) is 23.3 Å². The first-order valence-electron chi connectivity index (χ1n) is 21.9. The van der Waals surface area contributed by atoms with Crippen molar-refractivity contribution in [2.24, 2.45) is 4.99 Å². The topological polar surface area (TPSA) is 218 Å². The number of anilines is 4. The lowest BCUT2D eigenvalue weighted by atomic mass is 9.88. The molecule has 4 aromatic rings. The number of likely N-dealkylation sites (tertiary alicyclic amines) is 1. The predicted molar refractivity (Wildman–Crippen MR) is 245 cm³/mol. The Morgan fingerprint density at radius 3 is 2.42 bits per heavy atom. The second kappa shape index (κ2) is 19.9. The highest BCUT2D eigenvalue weighted by Crippen LogP contribution is 2.38. The second-order valence-corrected chi connectivity index (χ2v) is 18.4. The lowest BCUT2D eigenvalue weighted by molar-refractivity contribution is -0.134. The van der Waals surface area contributed by atoms with Crippen LogP contribution in [-0.2, 0) is 31.1 Å². The molecule has 19 nitrogen and oxygen atoms in total. The molecule has 4 aliphatic heterocycles. The lowest BCUT2D eigenvalue weighted by Crippen LogP contribution is -2.52. The number of hydrogen-bond acceptors (Lipinski definition) is 15. The van der Waals surface area contributed by atoms with E-state index in [1.807, 2.05) is 20.8 Å². The third kappa shape index (κ3) is 10.4. The van der Waals surface area contributed by atoms with Crippen molar-refractivity contribution in [2.75, 3.05) is 86.4 Å². The van der Waals surface area contributed by atoms with Crippen LogP contribution in [0.5, 0.6) is 17.2 Å². The molecule has 0 aliphatic carbocycles. The molecular formula is C45H50F2N12O7S. The van der Waals surface area contributed by atoms with Gasteiger partial charge in [0.25, 0.3) is 0 Å². The number of imide groups is 1. The molecule has 0 spiro atoms. The van der Waals surface area contributed by atoms with E-state index in [4.69, 9.17) is 9.47 Å². The number of aliphatic imine (C=N–C) groups is 1. The standard InChI is InChI=1S/C45H50F2N12O7S/c1-4-55(2)67(63,64)54-37-8-6-34(46)43(33(37)22-48)66-31-5-7-36-29(19-31)25-59(27-51-36)30-23-49-45(50-24-30)58-17-15-57(16-18-58)42(61)26-56-13-11-28(12-14-56)32-20-40(65-3)39(21-35(32)47)52-38-9-10-41(60)53-44(38)62/h5-8,19-21,23-24,27-28,38,52,54H,4,9-18,25-26H2,1-3H3,(H,53,60,62). The molecule has 3 saturated heterocycles. The molecule has 0 bridgehead atoms. The number of amides is 3. The summed E-state index contributed by atoms with van der Waals surface area (Å²) >= 11 is 0. The number of ether oxygens (including phenoxy) is 2. The minimum absolute atomic E-state index is 0.0244. The van der Waals surface area contributed by atoms with Gasteiger partial charge in [-0.05, 0) is 80.2 Å². The normalized spacial score (nSPS) is 18.0. The largest absolute Gasteiger partial charge is 0.495 e. The number of piperidine rings is 2. The Hall–Kier alpha value is -6.96. The van der Waals surface area contributed by atoms with Crippen LogP contribution in [0.4, 0.5) is 37.5 Å². The van der Waals surface area contributed by atoms with Gasteiger partial charge in [-0.2, -0.15) is 18.0 Å². The summed E-state index contributed by atoms with van der Waals surface area (Å²) in [4.78, 5) is 58.8. The number of methoxy groups -OCH3 is 1. The smallest absolute Gasteiger partial charge is 0.301 e. The maximum Gasteiger partial charge on any atom is 0.301 e. The van der Waals surface area contributed by atoms with Crippen LogP contribution in [0.2, 0.25) is 0 Å². The van der Waals surface area contributed by atoms with Crippen LogP contribution in [0.15, 0.2) is 59.9 Å². The number of fused-ring (bicyclic) bond motifs is 1. The molecule has 0 saturated carbocycles. The van der Waals surface area contributed by atoms with Crippen molar-refractivity contribution in [2.45, 2.75) is 51.1 Å². The van der Waals surface area contributed by atoms with E-state index >= 15 is 8.78 Å². The van der Waals surface area contributed by atoms with Crippen LogP contribution >= 0.6 is 0 Å². The van der Waals surface area contributed by atoms with Gasteiger partial charge in [-0.15, -0.1) is 0 Å². The van der Waals surface area contributed by atoms with Gasteiger partial charge in [-0.25, -0.2) is 23.7 Å². The Bertz CT molecular complexity index is 2720. The number of nitrogens with zero attached hydrogens (tertiary/aromatic N) is 9. The number of piperazine rings is 1. The van der Waals surface area contributed by atoms with E-state index in [2.05, 4.69) is 35.2 Å². The van der Waals surface area contributed by atoms with Crippen LogP contribution in [-0.4, -0.2) is 129 Å². The molecule has 4 aliphatic rings. The maximum atomic E-state index is 15.5. The monoisotopic (exact) mass is 940 g/mol. The number of nitrogens with one attached hydrogen (secondary N) is 3. The molecule has 352 valence electrons. The number of halogens is 2. The maximum absolute atomic E-state index is 15.5. The van der Waals surface area contributed by atoms with Gasteiger partial charge in [0, 0.05) is 57.8 Å². The molecule has 1 unspecified atom stereocenters. The van der Waals surface area contributed by atoms with Crippen molar-refractivity contribution in [1.29, 1.82) is 5.26 Å². The summed E-state index contributed by atoms with van der Waals surface area (Å²) in [5.74, 6) is -1.35. The van der Waals surface area contributed by atoms with E-state index in [-0.39, 0.29) is 54.2 Å². The fourth-order valence-corrected chi connectivity index (χ4v) is 9.35. The van der Waals surface area contributed by atoms with Crippen LogP contribution in [0, 0.1) is 23.0 Å². The number of carbonyl (C=O) groups excluding carboxylic acids is 3. The molecule has 3 N–H and O–H groups in total. The van der Waals surface area contributed by atoms with Gasteiger partial charge in [-0.1, -0.05) is 6.92 Å². The molecule has 3 amide bonds. The first-order chi connectivity index (χ1) is 32.2. The molecule has 3 fully saturated rings. The minimum Gasteiger partial charge on any atom is -0.495 e. The van der Waals surface area contributed by atoms with Gasteiger partial charge in [0.05, 0.1) is 61.7 Å². The second-order valence-electron chi connectivity index (χ2n) is 16.6. The van der Waals surface area contributed by atoms with Crippen LogP contribution in [0.1, 0.15) is 55.2 Å². The van der Waals surface area contributed by atoms with Crippen molar-refractivity contribution in [3.63, 3.8) is 0 Å². The fourth-order valence-electron chi connectivity index (χ4n) is 8.41. The molecule has 3 aromatic carbocycles. The zero-order valence-electron chi connectivity index (χ0n) is 37.2. The summed E-state index contributed by atoms with van der Waals surface area (Å²) in [6.45, 7) is 5.78. The number of hydrogen-bond donors (Lipinski definition) is 3. The van der Waals surface area contributed by atoms with E-state index in [0.29, 0.717) is 99.4 Å². The Balaban J connectivity index is 0.815. The zero-order chi connectivity index (χ0) is 47.4. The van der Waals surface area contributed by atoms with E-state index in [1.165, 1.54) is 26.3 Å². The van der Waals surface area contributed by atoms with Gasteiger partial charge in [0.2, 0.25) is 23.7 Å². The quantitative estimate of drug-likeness (QED) is 0.149. The third-order valence-corrected chi connectivity index (χ3v) is 14.0. The predicted octanol–water partition coefficient (Wildman–Crippen LogP) is 4.46. The Kier molecular flexibility index (Phi) is 13.8. The number of carbonyl (C=O) groups is 3. The molecule has 5 heterocycles. The van der Waals surface area contributed by atoms with Crippen LogP contribution < -0.4 is 34.6 Å². The van der Waals surface area contributed by atoms with Gasteiger partial charge < -0.3 is 29.5 Å². The van der Waals surface area contributed by atoms with Gasteiger partial charge in [-0.3, -0.25) is 29.3 Å². The van der Waals surface area contributed by atoms with Crippen molar-refractivity contribution >= 4 is 63.0 Å². The van der Waals surface area contributed by atoms with Gasteiger partial charge in [0.1, 0.15) is 35.0 Å². The number of aromatic nitrogens is 2. The number of rotatable bonds is 14. The molecular weight excluding hydrogens is 891 g/mol. The molecule has 0 radical (unpaired) electrons. The van der Waals surface area contributed by atoms with Crippen LogP contribution in [0.25, 0.3) is 0 Å². The highest BCUT2D eigenvalue weighted by atomic mass is 32.2. The van der Waals surface area contributed by atoms with Gasteiger partial charge >= 0.3 is 10.2 Å². The Labute approximate surface area is 386 Å². The minimum atomic E-state index is -3.99. The first kappa shape index (κ1) is 46.6. The average molecular weight is 941 g/mol. The summed E-state index contributed by atoms with van der Waals surface area (Å²) < 4.78 is 70.7. The fraction of sp³-hybridized carbons (Fsp3) is 0.400. The number of benzene rings is 3. The van der Waals surface area contributed by atoms with Gasteiger partial charge in [0.15, 0.2) is 11.6 Å². The Morgan fingerprint density at radius 1 is 0.985 bits per heavy atom. The number of nitriles is 1. The summed E-state index contributed by atoms with van der Waals surface area (Å²) in [5, 5.41) is 15.2. The zero-order valence-corrected chi connectivity index (χ0v) is 38.0. The molecule has 8 rings (SSSR count). The van der Waals surface area contributed by atoms with Crippen molar-refractivity contribution < 1.29 is 41.1 Å². The molecule has 22 heteroatoms. The third-order valence-electron chi connectivity index (χ3n) is 12.4. The molecule has 1 aromatic heterocycles. The molecule has 1 atom stereocenters. The van der Waals surface area contributed by atoms with E-state index in [0.717, 1.165) is 15.9 Å².